The Bertz CT molecular complexity index is 941. The number of hydrogen-bond donors (Lipinski definition) is 0. The summed E-state index contributed by atoms with van der Waals surface area (Å²) in [5.74, 6) is -0.237. The van der Waals surface area contributed by atoms with Gasteiger partial charge >= 0.3 is 0 Å². The quantitative estimate of drug-likeness (QED) is 0.405. The van der Waals surface area contributed by atoms with Gasteiger partial charge in [0.15, 0.2) is 5.43 Å². The van der Waals surface area contributed by atoms with Gasteiger partial charge in [0.05, 0.1) is 11.0 Å². The van der Waals surface area contributed by atoms with E-state index in [1.54, 1.807) is 12.1 Å². The minimum absolute atomic E-state index is 0.204. The number of ether oxygens (including phenoxy) is 1. The van der Waals surface area contributed by atoms with E-state index >= 15 is 0 Å². The first-order valence-electron chi connectivity index (χ1n) is 8.17. The molecule has 1 heterocycles. The largest absolute Gasteiger partial charge is 0.872 e. The van der Waals surface area contributed by atoms with E-state index in [9.17, 15) is 9.90 Å². The first-order chi connectivity index (χ1) is 11.4. The molecule has 126 valence electrons. The molecule has 0 aliphatic carbocycles. The lowest BCUT2D eigenvalue weighted by Gasteiger charge is -2.20. The molecule has 0 amide bonds. The van der Waals surface area contributed by atoms with Crippen LogP contribution in [0.2, 0.25) is 25.7 Å². The highest BCUT2D eigenvalue weighted by Crippen LogP contribution is 2.24. The summed E-state index contributed by atoms with van der Waals surface area (Å²) in [6.45, 7) is 7.96. The van der Waals surface area contributed by atoms with E-state index in [0.717, 1.165) is 11.6 Å². The Morgan fingerprint density at radius 1 is 1.04 bits per heavy atom. The van der Waals surface area contributed by atoms with Crippen molar-refractivity contribution in [3.05, 3.63) is 52.7 Å². The predicted octanol–water partition coefficient (Wildman–Crippen LogP) is 3.54. The van der Waals surface area contributed by atoms with E-state index in [1.165, 1.54) is 6.07 Å². The van der Waals surface area contributed by atoms with Gasteiger partial charge in [-0.15, -0.1) is 0 Å². The fourth-order valence-electron chi connectivity index (χ4n) is 2.81. The number of pyridine rings is 1. The van der Waals surface area contributed by atoms with Gasteiger partial charge in [0.25, 0.3) is 0 Å². The average Bonchev–Trinajstić information content (AvgIpc) is 2.53. The van der Waals surface area contributed by atoms with Gasteiger partial charge in [-0.1, -0.05) is 49.7 Å². The van der Waals surface area contributed by atoms with Crippen molar-refractivity contribution in [1.82, 2.24) is 4.57 Å². The third kappa shape index (κ3) is 3.23. The molecule has 0 N–H and O–H groups in total. The summed E-state index contributed by atoms with van der Waals surface area (Å²) in [5.41, 5.74) is 1.23. The van der Waals surface area contributed by atoms with Crippen molar-refractivity contribution in [2.45, 2.75) is 32.4 Å². The Kier molecular flexibility index (Phi) is 4.47. The van der Waals surface area contributed by atoms with E-state index < -0.39 is 8.07 Å². The Morgan fingerprint density at radius 2 is 1.75 bits per heavy atom. The second-order valence-electron chi connectivity index (χ2n) is 7.27. The van der Waals surface area contributed by atoms with Crippen LogP contribution >= 0.6 is 0 Å². The third-order valence-electron chi connectivity index (χ3n) is 4.18. The number of nitrogens with zero attached hydrogens (tertiary/aromatic N) is 1. The molecular formula is C19H22NO3Si-. The zero-order valence-electron chi connectivity index (χ0n) is 14.3. The van der Waals surface area contributed by atoms with E-state index in [2.05, 4.69) is 19.6 Å². The SMILES string of the molecule is C[Si](C)(C)CCOCn1c2ccccc2c(=O)c2c([O-])cccc21. The second kappa shape index (κ2) is 6.41. The maximum Gasteiger partial charge on any atom is 0.196 e. The van der Waals surface area contributed by atoms with E-state index in [4.69, 9.17) is 4.74 Å². The molecule has 0 bridgehead atoms. The van der Waals surface area contributed by atoms with Crippen LogP contribution in [0, 0.1) is 0 Å². The minimum atomic E-state index is -1.15. The van der Waals surface area contributed by atoms with Crippen LogP contribution in [-0.4, -0.2) is 19.2 Å². The molecule has 0 radical (unpaired) electrons. The molecule has 4 nitrogen and oxygen atoms in total. The molecule has 0 fully saturated rings. The molecule has 3 rings (SSSR count). The summed E-state index contributed by atoms with van der Waals surface area (Å²) in [4.78, 5) is 12.7. The van der Waals surface area contributed by atoms with Crippen molar-refractivity contribution >= 4 is 29.9 Å². The van der Waals surface area contributed by atoms with Gasteiger partial charge in [-0.3, -0.25) is 4.79 Å². The molecule has 0 saturated heterocycles. The molecule has 24 heavy (non-hydrogen) atoms. The minimum Gasteiger partial charge on any atom is -0.872 e. The molecule has 0 saturated carbocycles. The number of rotatable bonds is 5. The second-order valence-corrected chi connectivity index (χ2v) is 12.9. The van der Waals surface area contributed by atoms with Gasteiger partial charge in [-0.05, 0) is 24.2 Å². The van der Waals surface area contributed by atoms with Crippen LogP contribution in [0.1, 0.15) is 0 Å². The van der Waals surface area contributed by atoms with Gasteiger partial charge in [0, 0.05) is 25.5 Å². The summed E-state index contributed by atoms with van der Waals surface area (Å²) in [7, 11) is -1.15. The van der Waals surface area contributed by atoms with Crippen LogP contribution in [-0.2, 0) is 11.5 Å². The molecule has 5 heteroatoms. The summed E-state index contributed by atoms with van der Waals surface area (Å²) >= 11 is 0. The molecule has 3 aromatic rings. The number of para-hydroxylation sites is 1. The topological polar surface area (TPSA) is 54.3 Å². The highest BCUT2D eigenvalue weighted by molar-refractivity contribution is 6.76. The highest BCUT2D eigenvalue weighted by atomic mass is 28.3. The van der Waals surface area contributed by atoms with Crippen LogP contribution in [0.5, 0.6) is 5.75 Å². The van der Waals surface area contributed by atoms with Crippen LogP contribution in [0.25, 0.3) is 21.8 Å². The van der Waals surface area contributed by atoms with Gasteiger partial charge in [-0.25, -0.2) is 0 Å². The maximum atomic E-state index is 12.7. The zero-order valence-corrected chi connectivity index (χ0v) is 15.3. The Hall–Kier alpha value is -2.11. The first-order valence-corrected chi connectivity index (χ1v) is 11.9. The fraction of sp³-hybridized carbons (Fsp3) is 0.316. The fourth-order valence-corrected chi connectivity index (χ4v) is 3.57. The van der Waals surface area contributed by atoms with Crippen LogP contribution in [0.3, 0.4) is 0 Å². The van der Waals surface area contributed by atoms with Gasteiger partial charge in [0.2, 0.25) is 0 Å². The number of benzene rings is 2. The normalized spacial score (nSPS) is 12.1. The van der Waals surface area contributed by atoms with Crippen molar-refractivity contribution in [2.24, 2.45) is 0 Å². The van der Waals surface area contributed by atoms with Crippen molar-refractivity contribution < 1.29 is 9.84 Å². The first kappa shape index (κ1) is 16.7. The summed E-state index contributed by atoms with van der Waals surface area (Å²) < 4.78 is 7.81. The molecule has 0 atom stereocenters. The van der Waals surface area contributed by atoms with Crippen LogP contribution < -0.4 is 10.5 Å². The Balaban J connectivity index is 2.09. The highest BCUT2D eigenvalue weighted by Gasteiger charge is 2.13. The Labute approximate surface area is 142 Å². The summed E-state index contributed by atoms with van der Waals surface area (Å²) in [5, 5.41) is 13.0. The third-order valence-corrected chi connectivity index (χ3v) is 5.88. The molecule has 2 aromatic carbocycles. The van der Waals surface area contributed by atoms with Gasteiger partial charge in [0.1, 0.15) is 6.73 Å². The monoisotopic (exact) mass is 340 g/mol. The number of fused-ring (bicyclic) bond motifs is 2. The lowest BCUT2D eigenvalue weighted by molar-refractivity contribution is -0.265. The van der Waals surface area contributed by atoms with E-state index in [0.29, 0.717) is 24.2 Å². The van der Waals surface area contributed by atoms with E-state index in [1.807, 2.05) is 28.8 Å². The molecule has 1 aromatic heterocycles. The predicted molar refractivity (Wildman–Crippen MR) is 99.3 cm³/mol. The van der Waals surface area contributed by atoms with Crippen molar-refractivity contribution in [3.63, 3.8) is 0 Å². The number of hydrogen-bond acceptors (Lipinski definition) is 3. The standard InChI is InChI=1S/C19H23NO3Si/c1-24(2,3)12-11-23-13-20-15-8-5-4-7-14(15)19(22)18-16(20)9-6-10-17(18)21/h4-10,21H,11-13H2,1-3H3/p-1. The lowest BCUT2D eigenvalue weighted by Crippen LogP contribution is -2.22. The molecule has 0 spiro atoms. The smallest absolute Gasteiger partial charge is 0.196 e. The van der Waals surface area contributed by atoms with Crippen LogP contribution in [0.4, 0.5) is 0 Å². The van der Waals surface area contributed by atoms with E-state index in [-0.39, 0.29) is 16.6 Å². The van der Waals surface area contributed by atoms with Crippen molar-refractivity contribution in [3.8, 4) is 5.75 Å². The molecule has 0 unspecified atom stereocenters. The van der Waals surface area contributed by atoms with Gasteiger partial charge < -0.3 is 14.4 Å². The zero-order chi connectivity index (χ0) is 17.3. The Morgan fingerprint density at radius 3 is 2.50 bits per heavy atom. The summed E-state index contributed by atoms with van der Waals surface area (Å²) in [6, 6.07) is 13.4. The van der Waals surface area contributed by atoms with Crippen molar-refractivity contribution in [2.75, 3.05) is 6.61 Å². The molecule has 0 aliphatic heterocycles. The molecule has 0 aliphatic rings. The van der Waals surface area contributed by atoms with Crippen LogP contribution in [0.15, 0.2) is 47.3 Å². The maximum absolute atomic E-state index is 12.7. The number of aromatic nitrogens is 1. The summed E-state index contributed by atoms with van der Waals surface area (Å²) in [6.07, 6.45) is 0. The van der Waals surface area contributed by atoms with Gasteiger partial charge in [-0.2, -0.15) is 0 Å². The lowest BCUT2D eigenvalue weighted by atomic mass is 10.1. The average molecular weight is 340 g/mol. The van der Waals surface area contributed by atoms with Crippen molar-refractivity contribution in [1.29, 1.82) is 0 Å². The molecular weight excluding hydrogens is 318 g/mol.